The number of benzene rings is 2. The summed E-state index contributed by atoms with van der Waals surface area (Å²) < 4.78 is 20.3. The molecule has 8 heteroatoms. The number of nitrogens with zero attached hydrogens (tertiary/aromatic N) is 3. The normalized spacial score (nSPS) is 13.7. The predicted octanol–water partition coefficient (Wildman–Crippen LogP) is 4.95. The Morgan fingerprint density at radius 1 is 1.25 bits per heavy atom. The van der Waals surface area contributed by atoms with E-state index in [9.17, 15) is 14.3 Å². The van der Waals surface area contributed by atoms with Crippen molar-refractivity contribution in [3.05, 3.63) is 94.6 Å². The number of hydrogen-bond acceptors (Lipinski definition) is 6. The molecule has 1 aromatic heterocycles. The number of pyridine rings is 1. The summed E-state index contributed by atoms with van der Waals surface area (Å²) in [6.45, 7) is 6.10. The van der Waals surface area contributed by atoms with Gasteiger partial charge < -0.3 is 19.8 Å². The molecule has 1 aliphatic heterocycles. The summed E-state index contributed by atoms with van der Waals surface area (Å²) in [4.78, 5) is 19.2. The van der Waals surface area contributed by atoms with Crippen LogP contribution in [-0.4, -0.2) is 33.0 Å². The lowest BCUT2D eigenvalue weighted by Gasteiger charge is -2.19. The molecule has 1 aliphatic rings. The molecule has 0 bridgehead atoms. The van der Waals surface area contributed by atoms with E-state index in [0.29, 0.717) is 24.2 Å². The Morgan fingerprint density at radius 2 is 1.97 bits per heavy atom. The topological polar surface area (TPSA) is 91.9 Å². The van der Waals surface area contributed by atoms with Gasteiger partial charge in [-0.1, -0.05) is 37.3 Å². The molecule has 0 aliphatic carbocycles. The van der Waals surface area contributed by atoms with Crippen molar-refractivity contribution in [2.24, 2.45) is 5.84 Å². The third kappa shape index (κ3) is 5.40. The molecule has 4 rings (SSSR count). The van der Waals surface area contributed by atoms with E-state index in [4.69, 9.17) is 10.6 Å². The maximum Gasteiger partial charge on any atom is 0.260 e. The Hall–Kier alpha value is -3.75. The summed E-state index contributed by atoms with van der Waals surface area (Å²) >= 11 is 0. The maximum atomic E-state index is 14.5. The van der Waals surface area contributed by atoms with Gasteiger partial charge in [-0.05, 0) is 66.3 Å². The zero-order chi connectivity index (χ0) is 26.0. The number of allylic oxidation sites excluding steroid dienone is 1. The molecule has 0 atom stereocenters. The molecule has 0 saturated carbocycles. The molecule has 0 radical (unpaired) electrons. The van der Waals surface area contributed by atoms with Gasteiger partial charge in [0, 0.05) is 32.5 Å². The van der Waals surface area contributed by atoms with E-state index in [2.05, 4.69) is 11.9 Å². The highest BCUT2D eigenvalue weighted by Crippen LogP contribution is 2.35. The molecule has 1 amide bonds. The van der Waals surface area contributed by atoms with Gasteiger partial charge in [0.25, 0.3) is 5.91 Å². The van der Waals surface area contributed by atoms with Crippen molar-refractivity contribution in [1.82, 2.24) is 14.9 Å². The van der Waals surface area contributed by atoms with Crippen LogP contribution in [0.5, 0.6) is 11.6 Å². The van der Waals surface area contributed by atoms with E-state index in [1.807, 2.05) is 30.5 Å². The fourth-order valence-corrected chi connectivity index (χ4v) is 4.21. The van der Waals surface area contributed by atoms with E-state index < -0.39 is 11.4 Å². The van der Waals surface area contributed by atoms with Gasteiger partial charge in [0.05, 0.1) is 5.60 Å². The van der Waals surface area contributed by atoms with Crippen molar-refractivity contribution in [2.75, 3.05) is 7.05 Å². The van der Waals surface area contributed by atoms with Crippen LogP contribution < -0.4 is 10.6 Å². The van der Waals surface area contributed by atoms with Crippen molar-refractivity contribution in [1.29, 1.82) is 0 Å². The predicted molar refractivity (Wildman–Crippen MR) is 136 cm³/mol. The summed E-state index contributed by atoms with van der Waals surface area (Å²) in [5.41, 5.74) is 3.58. The number of nitrogens with two attached hydrogens (primary N) is 1. The van der Waals surface area contributed by atoms with Gasteiger partial charge in [-0.3, -0.25) is 4.79 Å². The second kappa shape index (κ2) is 10.1. The smallest absolute Gasteiger partial charge is 0.260 e. The van der Waals surface area contributed by atoms with Crippen molar-refractivity contribution < 1.29 is 19.0 Å². The van der Waals surface area contributed by atoms with Gasteiger partial charge in [-0.15, -0.1) is 0 Å². The number of aliphatic hydroxyl groups is 1. The van der Waals surface area contributed by atoms with E-state index in [1.165, 1.54) is 23.2 Å². The van der Waals surface area contributed by atoms with Crippen molar-refractivity contribution in [2.45, 2.75) is 45.9 Å². The number of hydrogen-bond donors (Lipinski definition) is 2. The molecule has 188 valence electrons. The van der Waals surface area contributed by atoms with Gasteiger partial charge in [0.15, 0.2) is 11.6 Å². The lowest BCUT2D eigenvalue weighted by atomic mass is 9.98. The Kier molecular flexibility index (Phi) is 7.10. The highest BCUT2D eigenvalue weighted by molar-refractivity contribution is 6.00. The number of carbonyl (C=O) groups excluding carboxylic acids is 1. The van der Waals surface area contributed by atoms with E-state index >= 15 is 0 Å². The van der Waals surface area contributed by atoms with Gasteiger partial charge in [0.1, 0.15) is 5.56 Å². The monoisotopic (exact) mass is 490 g/mol. The van der Waals surface area contributed by atoms with Gasteiger partial charge in [0.2, 0.25) is 5.88 Å². The average Bonchev–Trinajstić information content (AvgIpc) is 3.14. The highest BCUT2D eigenvalue weighted by Gasteiger charge is 2.32. The summed E-state index contributed by atoms with van der Waals surface area (Å²) in [6.07, 6.45) is 4.28. The zero-order valence-electron chi connectivity index (χ0n) is 21.0. The average molecular weight is 491 g/mol. The van der Waals surface area contributed by atoms with Crippen LogP contribution in [0.25, 0.3) is 5.57 Å². The summed E-state index contributed by atoms with van der Waals surface area (Å²) in [6, 6.07) is 14.0. The lowest BCUT2D eigenvalue weighted by Crippen LogP contribution is -2.23. The number of halogens is 1. The molecule has 2 aromatic carbocycles. The SMILES string of the molecule is CC/C(=C\N(C)N)c1ccc(CN2Cc3ccnc(Oc4cc(C(C)(C)O)ccc4F)c3C2=O)cc1. The van der Waals surface area contributed by atoms with Crippen molar-refractivity contribution in [3.8, 4) is 11.6 Å². The standard InChI is InChI=1S/C28H31FN4O3/c1-5-19(16-32(4)30)20-8-6-18(7-9-20)15-33-17-21-12-13-31-26(25(21)27(33)34)36-24-14-22(28(2,3)35)10-11-23(24)29/h6-14,16,35H,5,15,17,30H2,1-4H3/b19-16+. The van der Waals surface area contributed by atoms with Crippen LogP contribution in [0.4, 0.5) is 4.39 Å². The molecule has 0 spiro atoms. The molecule has 3 N–H and O–H groups in total. The van der Waals surface area contributed by atoms with E-state index in [-0.39, 0.29) is 17.5 Å². The van der Waals surface area contributed by atoms with E-state index in [1.54, 1.807) is 38.1 Å². The van der Waals surface area contributed by atoms with Crippen LogP contribution in [-0.2, 0) is 18.7 Å². The van der Waals surface area contributed by atoms with Gasteiger partial charge >= 0.3 is 0 Å². The third-order valence-corrected chi connectivity index (χ3v) is 6.15. The van der Waals surface area contributed by atoms with Crippen LogP contribution in [0.2, 0.25) is 0 Å². The molecule has 0 saturated heterocycles. The Morgan fingerprint density at radius 3 is 2.61 bits per heavy atom. The fraction of sp³-hybridized carbons (Fsp3) is 0.286. The first-order valence-electron chi connectivity index (χ1n) is 11.8. The van der Waals surface area contributed by atoms with Crippen LogP contribution in [0.3, 0.4) is 0 Å². The van der Waals surface area contributed by atoms with Crippen LogP contribution in [0, 0.1) is 5.82 Å². The molecule has 36 heavy (non-hydrogen) atoms. The molecule has 7 nitrogen and oxygen atoms in total. The minimum absolute atomic E-state index is 0.0470. The first-order valence-corrected chi connectivity index (χ1v) is 11.8. The van der Waals surface area contributed by atoms with Gasteiger partial charge in [-0.25, -0.2) is 15.2 Å². The minimum Gasteiger partial charge on any atom is -0.435 e. The largest absolute Gasteiger partial charge is 0.435 e. The van der Waals surface area contributed by atoms with E-state index in [0.717, 1.165) is 28.7 Å². The van der Waals surface area contributed by atoms with Crippen LogP contribution >= 0.6 is 0 Å². The minimum atomic E-state index is -1.17. The lowest BCUT2D eigenvalue weighted by molar-refractivity contribution is 0.0760. The summed E-state index contributed by atoms with van der Waals surface area (Å²) in [5.74, 6) is 4.88. The summed E-state index contributed by atoms with van der Waals surface area (Å²) in [7, 11) is 1.78. The van der Waals surface area contributed by atoms with Gasteiger partial charge in [-0.2, -0.15) is 0 Å². The second-order valence-corrected chi connectivity index (χ2v) is 9.49. The number of amides is 1. The third-order valence-electron chi connectivity index (χ3n) is 6.15. The number of rotatable bonds is 8. The zero-order valence-corrected chi connectivity index (χ0v) is 21.0. The summed E-state index contributed by atoms with van der Waals surface area (Å²) in [5, 5.41) is 11.8. The number of ether oxygens (including phenoxy) is 1. The van der Waals surface area contributed by atoms with Crippen molar-refractivity contribution in [3.63, 3.8) is 0 Å². The Labute approximate surface area is 210 Å². The molecule has 0 unspecified atom stereocenters. The number of carbonyl (C=O) groups is 1. The fourth-order valence-electron chi connectivity index (χ4n) is 4.21. The Balaban J connectivity index is 1.54. The first-order chi connectivity index (χ1) is 17.1. The number of aromatic nitrogens is 1. The maximum absolute atomic E-state index is 14.5. The first kappa shape index (κ1) is 25.3. The Bertz CT molecular complexity index is 1300. The quantitative estimate of drug-likeness (QED) is 0.343. The second-order valence-electron chi connectivity index (χ2n) is 9.49. The number of hydrazine groups is 1. The molecule has 3 aromatic rings. The molecule has 0 fully saturated rings. The van der Waals surface area contributed by atoms with Crippen LogP contribution in [0.15, 0.2) is 60.9 Å². The number of fused-ring (bicyclic) bond motifs is 1. The molecule has 2 heterocycles. The van der Waals surface area contributed by atoms with Crippen LogP contribution in [0.1, 0.15) is 59.8 Å². The van der Waals surface area contributed by atoms with Crippen molar-refractivity contribution >= 4 is 11.5 Å². The highest BCUT2D eigenvalue weighted by atomic mass is 19.1. The molecular weight excluding hydrogens is 459 g/mol. The molecular formula is C28H31FN4O3.